The van der Waals surface area contributed by atoms with Gasteiger partial charge in [-0.1, -0.05) is 72.8 Å². The summed E-state index contributed by atoms with van der Waals surface area (Å²) in [6.45, 7) is 0. The van der Waals surface area contributed by atoms with Crippen LogP contribution < -0.4 is 0 Å². The first-order chi connectivity index (χ1) is 17.2. The number of hydrogen-bond donors (Lipinski definition) is 0. The predicted octanol–water partition coefficient (Wildman–Crippen LogP) is 8.26. The number of nitrogens with zero attached hydrogens (tertiary/aromatic N) is 2. The highest BCUT2D eigenvalue weighted by molar-refractivity contribution is 6.14. The molecule has 0 atom stereocenters. The molecule has 0 aliphatic rings. The average molecular weight is 454 g/mol. The Hall–Kier alpha value is -4.90. The molecule has 0 saturated heterocycles. The lowest BCUT2D eigenvalue weighted by atomic mass is 9.98. The summed E-state index contributed by atoms with van der Waals surface area (Å²) in [5.41, 5.74) is 5.48. The van der Waals surface area contributed by atoms with Gasteiger partial charge in [0.25, 0.3) is 5.69 Å². The number of fused-ring (bicyclic) bond motifs is 6. The third-order valence-corrected chi connectivity index (χ3v) is 6.70. The smallest absolute Gasteiger partial charge is 0.279 e. The summed E-state index contributed by atoms with van der Waals surface area (Å²) in [5, 5.41) is 16.3. The second-order valence-corrected chi connectivity index (χ2v) is 8.61. The van der Waals surface area contributed by atoms with Crippen molar-refractivity contribution in [3.05, 3.63) is 119 Å². The van der Waals surface area contributed by atoms with Gasteiger partial charge in [-0.15, -0.1) is 0 Å². The van der Waals surface area contributed by atoms with Gasteiger partial charge in [0.15, 0.2) is 0 Å². The minimum absolute atomic E-state index is 0.0467. The molecule has 35 heavy (non-hydrogen) atoms. The van der Waals surface area contributed by atoms with Crippen LogP contribution in [0.3, 0.4) is 0 Å². The van der Waals surface area contributed by atoms with Gasteiger partial charge in [0.1, 0.15) is 11.2 Å². The lowest BCUT2D eigenvalue weighted by Crippen LogP contribution is -1.96. The summed E-state index contributed by atoms with van der Waals surface area (Å²) in [6, 6.07) is 35.3. The van der Waals surface area contributed by atoms with Crippen LogP contribution >= 0.6 is 0 Å². The van der Waals surface area contributed by atoms with Crippen molar-refractivity contribution in [2.75, 3.05) is 0 Å². The summed E-state index contributed by atoms with van der Waals surface area (Å²) in [5.74, 6) is 0. The summed E-state index contributed by atoms with van der Waals surface area (Å²) < 4.78 is 8.31. The van der Waals surface area contributed by atoms with E-state index >= 15 is 0 Å². The van der Waals surface area contributed by atoms with Crippen LogP contribution in [0.5, 0.6) is 0 Å². The van der Waals surface area contributed by atoms with E-state index in [0.717, 1.165) is 43.8 Å². The van der Waals surface area contributed by atoms with Crippen molar-refractivity contribution in [3.8, 4) is 16.8 Å². The fourth-order valence-electron chi connectivity index (χ4n) is 5.19. The molecule has 2 aromatic heterocycles. The summed E-state index contributed by atoms with van der Waals surface area (Å²) in [7, 11) is 0. The number of rotatable bonds is 3. The van der Waals surface area contributed by atoms with Crippen LogP contribution in [0.25, 0.3) is 60.6 Å². The van der Waals surface area contributed by atoms with E-state index in [1.165, 1.54) is 0 Å². The molecule has 0 N–H and O–H groups in total. The molecule has 7 rings (SSSR count). The Morgan fingerprint density at radius 2 is 1.34 bits per heavy atom. The molecule has 0 amide bonds. The van der Waals surface area contributed by atoms with Crippen LogP contribution in [-0.4, -0.2) is 9.49 Å². The van der Waals surface area contributed by atoms with Gasteiger partial charge in [-0.3, -0.25) is 10.1 Å². The van der Waals surface area contributed by atoms with Crippen molar-refractivity contribution >= 4 is 49.4 Å². The van der Waals surface area contributed by atoms with Crippen molar-refractivity contribution in [3.63, 3.8) is 0 Å². The van der Waals surface area contributed by atoms with E-state index in [1.807, 2.05) is 97.1 Å². The maximum atomic E-state index is 12.4. The number of hydrogen-bond acceptors (Lipinski definition) is 3. The first kappa shape index (κ1) is 19.6. The lowest BCUT2D eigenvalue weighted by Gasteiger charge is -2.09. The minimum Gasteiger partial charge on any atom is -0.455 e. The molecule has 0 saturated carbocycles. The van der Waals surface area contributed by atoms with E-state index in [0.29, 0.717) is 16.7 Å². The van der Waals surface area contributed by atoms with Crippen LogP contribution in [0.15, 0.2) is 114 Å². The monoisotopic (exact) mass is 454 g/mol. The highest BCUT2D eigenvalue weighted by atomic mass is 16.6. The molecular formula is C30H18N2O3. The van der Waals surface area contributed by atoms with Gasteiger partial charge in [-0.2, -0.15) is 0 Å². The maximum absolute atomic E-state index is 12.4. The normalized spacial score (nSPS) is 11.7. The Morgan fingerprint density at radius 3 is 2.17 bits per heavy atom. The highest BCUT2D eigenvalue weighted by Crippen LogP contribution is 2.43. The highest BCUT2D eigenvalue weighted by Gasteiger charge is 2.24. The average Bonchev–Trinajstić information content (AvgIpc) is 3.44. The molecule has 2 heterocycles. The minimum atomic E-state index is -0.302. The molecule has 5 heteroatoms. The summed E-state index contributed by atoms with van der Waals surface area (Å²) >= 11 is 0. The third-order valence-electron chi connectivity index (χ3n) is 6.70. The SMILES string of the molecule is O=[N+]([O-])c1cc2c(cc1-c1cccc3c1oc1ccccc13)c1ccccc1n2-c1ccccc1. The van der Waals surface area contributed by atoms with Gasteiger partial charge in [-0.25, -0.2) is 0 Å². The molecular weight excluding hydrogens is 436 g/mol. The lowest BCUT2D eigenvalue weighted by molar-refractivity contribution is -0.384. The third kappa shape index (κ3) is 2.82. The van der Waals surface area contributed by atoms with Gasteiger partial charge >= 0.3 is 0 Å². The molecule has 0 bridgehead atoms. The van der Waals surface area contributed by atoms with Crippen LogP contribution in [0.2, 0.25) is 0 Å². The fourth-order valence-corrected chi connectivity index (χ4v) is 5.19. The number of aromatic nitrogens is 1. The quantitative estimate of drug-likeness (QED) is 0.199. The van der Waals surface area contributed by atoms with Gasteiger partial charge in [0.05, 0.1) is 21.5 Å². The first-order valence-corrected chi connectivity index (χ1v) is 11.4. The largest absolute Gasteiger partial charge is 0.455 e. The Morgan fingerprint density at radius 1 is 0.629 bits per heavy atom. The van der Waals surface area contributed by atoms with Crippen LogP contribution in [0.1, 0.15) is 0 Å². The van der Waals surface area contributed by atoms with E-state index < -0.39 is 0 Å². The van der Waals surface area contributed by atoms with Crippen molar-refractivity contribution < 1.29 is 9.34 Å². The summed E-state index contributed by atoms with van der Waals surface area (Å²) in [4.78, 5) is 12.1. The van der Waals surface area contributed by atoms with Gasteiger partial charge in [0, 0.05) is 38.9 Å². The Kier molecular flexibility index (Phi) is 4.08. The number of para-hydroxylation sites is 4. The van der Waals surface area contributed by atoms with Crippen LogP contribution in [0.4, 0.5) is 5.69 Å². The van der Waals surface area contributed by atoms with E-state index in [9.17, 15) is 10.1 Å². The second kappa shape index (κ2) is 7.30. The van der Waals surface area contributed by atoms with Gasteiger partial charge in [-0.05, 0) is 30.3 Å². The topological polar surface area (TPSA) is 61.2 Å². The van der Waals surface area contributed by atoms with E-state index in [1.54, 1.807) is 6.07 Å². The van der Waals surface area contributed by atoms with Gasteiger partial charge < -0.3 is 8.98 Å². The fraction of sp³-hybridized carbons (Fsp3) is 0. The molecule has 7 aromatic rings. The van der Waals surface area contributed by atoms with Crippen molar-refractivity contribution in [2.24, 2.45) is 0 Å². The number of furan rings is 1. The number of nitro benzene ring substituents is 1. The predicted molar refractivity (Wildman–Crippen MR) is 140 cm³/mol. The summed E-state index contributed by atoms with van der Waals surface area (Å²) in [6.07, 6.45) is 0. The first-order valence-electron chi connectivity index (χ1n) is 11.4. The maximum Gasteiger partial charge on any atom is 0.279 e. The van der Waals surface area contributed by atoms with E-state index in [-0.39, 0.29) is 10.6 Å². The molecule has 5 nitrogen and oxygen atoms in total. The molecule has 0 aliphatic heterocycles. The Balaban J connectivity index is 1.62. The van der Waals surface area contributed by atoms with Crippen molar-refractivity contribution in [2.45, 2.75) is 0 Å². The molecule has 5 aromatic carbocycles. The molecule has 0 unspecified atom stereocenters. The van der Waals surface area contributed by atoms with E-state index in [2.05, 4.69) is 10.6 Å². The van der Waals surface area contributed by atoms with E-state index in [4.69, 9.17) is 4.42 Å². The molecule has 0 fully saturated rings. The zero-order valence-corrected chi connectivity index (χ0v) is 18.5. The standard InChI is InChI=1S/C30H18N2O3/c33-32(34)28-18-27-24(20-11-4-6-15-26(20)31(27)19-9-2-1-3-10-19)17-25(28)23-14-8-13-22-21-12-5-7-16-29(21)35-30(22)23/h1-18H. The Bertz CT molecular complexity index is 1930. The molecule has 0 radical (unpaired) electrons. The van der Waals surface area contributed by atoms with Gasteiger partial charge in [0.2, 0.25) is 0 Å². The molecule has 0 aliphatic carbocycles. The van der Waals surface area contributed by atoms with Crippen LogP contribution in [0, 0.1) is 10.1 Å². The second-order valence-electron chi connectivity index (χ2n) is 8.61. The molecule has 166 valence electrons. The molecule has 0 spiro atoms. The zero-order chi connectivity index (χ0) is 23.5. The van der Waals surface area contributed by atoms with Crippen molar-refractivity contribution in [1.82, 2.24) is 4.57 Å². The number of benzene rings is 5. The zero-order valence-electron chi connectivity index (χ0n) is 18.5. The van der Waals surface area contributed by atoms with Crippen molar-refractivity contribution in [1.29, 1.82) is 0 Å². The van der Waals surface area contributed by atoms with Crippen LogP contribution in [-0.2, 0) is 0 Å². The Labute approximate surface area is 199 Å². The number of nitro groups is 1.